The molecule has 102 valence electrons. The van der Waals surface area contributed by atoms with Crippen molar-refractivity contribution in [2.45, 2.75) is 51.8 Å². The van der Waals surface area contributed by atoms with Gasteiger partial charge in [-0.2, -0.15) is 0 Å². The minimum absolute atomic E-state index is 0.384. The third-order valence-corrected chi connectivity index (χ3v) is 2.37. The Hall–Kier alpha value is -1.47. The molecule has 1 saturated heterocycles. The molecule has 1 heterocycles. The molecule has 1 aliphatic heterocycles. The number of esters is 1. The average molecular weight is 260 g/mol. The second kappa shape index (κ2) is 5.03. The van der Waals surface area contributed by atoms with Gasteiger partial charge in [-0.05, 0) is 27.7 Å². The van der Waals surface area contributed by atoms with Crippen LogP contribution in [-0.4, -0.2) is 46.9 Å². The summed E-state index contributed by atoms with van der Waals surface area (Å²) in [4.78, 5) is 33.6. The van der Waals surface area contributed by atoms with Crippen LogP contribution in [0.1, 0.15) is 27.7 Å². The minimum atomic E-state index is -1.31. The number of Topliss-reactive ketones (excluding diaryl/α,β-unsaturated/α-hetero) is 1. The Kier molecular flexibility index (Phi) is 4.08. The van der Waals surface area contributed by atoms with Gasteiger partial charge in [-0.15, -0.1) is 0 Å². The van der Waals surface area contributed by atoms with Crippen molar-refractivity contribution >= 4 is 17.7 Å². The second-order valence-electron chi connectivity index (χ2n) is 4.50. The molecule has 0 unspecified atom stereocenters. The summed E-state index contributed by atoms with van der Waals surface area (Å²) < 4.78 is 15.2. The molecule has 3 atom stereocenters. The predicted molar refractivity (Wildman–Crippen MR) is 57.7 cm³/mol. The molecule has 1 N–H and O–H groups in total. The van der Waals surface area contributed by atoms with E-state index in [-0.39, 0.29) is 5.78 Å². The number of carbonyl (C=O) groups excluding carboxylic acids is 2. The van der Waals surface area contributed by atoms with Gasteiger partial charge in [-0.1, -0.05) is 0 Å². The van der Waals surface area contributed by atoms with E-state index < -0.39 is 36.0 Å². The standard InChI is InChI=1S/C11H16O7/c1-5(12)7-8(18-11(3,4)17-7)10(15)16-6(2)9(13)14/h6-8H,1-4H3,(H,13,14)/t6-,7-,8+/m0/s1. The van der Waals surface area contributed by atoms with E-state index >= 15 is 0 Å². The Bertz CT molecular complexity index is 374. The number of carbonyl (C=O) groups is 3. The maximum Gasteiger partial charge on any atom is 0.344 e. The van der Waals surface area contributed by atoms with Crippen LogP contribution in [-0.2, 0) is 28.6 Å². The molecule has 0 bridgehead atoms. The predicted octanol–water partition coefficient (Wildman–Crippen LogP) is 0.112. The molecule has 7 heteroatoms. The van der Waals surface area contributed by atoms with Crippen LogP contribution in [0.15, 0.2) is 0 Å². The molecule has 0 saturated carbocycles. The van der Waals surface area contributed by atoms with Crippen molar-refractivity contribution in [2.24, 2.45) is 0 Å². The number of ether oxygens (including phenoxy) is 3. The van der Waals surface area contributed by atoms with Gasteiger partial charge in [0.15, 0.2) is 29.9 Å². The molecule has 0 amide bonds. The Morgan fingerprint density at radius 1 is 1.22 bits per heavy atom. The number of ketones is 1. The molecule has 0 spiro atoms. The van der Waals surface area contributed by atoms with E-state index in [1.165, 1.54) is 13.8 Å². The molecule has 0 aromatic heterocycles. The highest BCUT2D eigenvalue weighted by molar-refractivity contribution is 5.90. The maximum atomic E-state index is 11.7. The fourth-order valence-corrected chi connectivity index (χ4v) is 1.52. The summed E-state index contributed by atoms with van der Waals surface area (Å²) in [6, 6.07) is 0. The SMILES string of the molecule is CC(=O)[C@@H]1OC(C)(C)O[C@H]1C(=O)O[C@@H](C)C(=O)O. The third-order valence-electron chi connectivity index (χ3n) is 2.37. The summed E-state index contributed by atoms with van der Waals surface area (Å²) in [5.41, 5.74) is 0. The quantitative estimate of drug-likeness (QED) is 0.716. The van der Waals surface area contributed by atoms with Crippen LogP contribution in [0.25, 0.3) is 0 Å². The van der Waals surface area contributed by atoms with E-state index in [4.69, 9.17) is 14.6 Å². The molecule has 0 radical (unpaired) electrons. The third kappa shape index (κ3) is 3.27. The van der Waals surface area contributed by atoms with Gasteiger partial charge in [0.05, 0.1) is 0 Å². The largest absolute Gasteiger partial charge is 0.479 e. The lowest BCUT2D eigenvalue weighted by Crippen LogP contribution is -2.39. The summed E-state index contributed by atoms with van der Waals surface area (Å²) in [6.45, 7) is 5.58. The van der Waals surface area contributed by atoms with E-state index in [1.807, 2.05) is 0 Å². The van der Waals surface area contributed by atoms with Crippen molar-refractivity contribution in [1.82, 2.24) is 0 Å². The number of aliphatic carboxylic acids is 1. The number of rotatable bonds is 4. The molecule has 1 fully saturated rings. The average Bonchev–Trinajstić information content (AvgIpc) is 2.54. The first-order valence-corrected chi connectivity index (χ1v) is 5.43. The number of carboxylic acids is 1. The van der Waals surface area contributed by atoms with Gasteiger partial charge in [-0.3, -0.25) is 4.79 Å². The summed E-state index contributed by atoms with van der Waals surface area (Å²) in [7, 11) is 0. The highest BCUT2D eigenvalue weighted by atomic mass is 16.8. The van der Waals surface area contributed by atoms with Crippen molar-refractivity contribution < 1.29 is 33.7 Å². The molecule has 0 aromatic carbocycles. The molecule has 18 heavy (non-hydrogen) atoms. The number of hydrogen-bond acceptors (Lipinski definition) is 6. The first-order valence-electron chi connectivity index (χ1n) is 5.43. The summed E-state index contributed by atoms with van der Waals surface area (Å²) in [5.74, 6) is -3.67. The zero-order valence-corrected chi connectivity index (χ0v) is 10.6. The van der Waals surface area contributed by atoms with Crippen LogP contribution in [0.3, 0.4) is 0 Å². The van der Waals surface area contributed by atoms with Gasteiger partial charge in [-0.25, -0.2) is 9.59 Å². The van der Waals surface area contributed by atoms with Crippen LogP contribution in [0, 0.1) is 0 Å². The van der Waals surface area contributed by atoms with Crippen LogP contribution < -0.4 is 0 Å². The van der Waals surface area contributed by atoms with Crippen molar-refractivity contribution in [2.75, 3.05) is 0 Å². The van der Waals surface area contributed by atoms with Gasteiger partial charge in [0.25, 0.3) is 0 Å². The van der Waals surface area contributed by atoms with Gasteiger partial charge in [0, 0.05) is 0 Å². The Morgan fingerprint density at radius 2 is 1.72 bits per heavy atom. The lowest BCUT2D eigenvalue weighted by molar-refractivity contribution is -0.178. The van der Waals surface area contributed by atoms with E-state index in [2.05, 4.69) is 4.74 Å². The minimum Gasteiger partial charge on any atom is -0.479 e. The summed E-state index contributed by atoms with van der Waals surface area (Å²) >= 11 is 0. The molecule has 1 rings (SSSR count). The van der Waals surface area contributed by atoms with Crippen molar-refractivity contribution in [1.29, 1.82) is 0 Å². The maximum absolute atomic E-state index is 11.7. The first kappa shape index (κ1) is 14.6. The van der Waals surface area contributed by atoms with E-state index in [0.717, 1.165) is 0 Å². The van der Waals surface area contributed by atoms with Gasteiger partial charge in [0.1, 0.15) is 0 Å². The second-order valence-corrected chi connectivity index (χ2v) is 4.50. The molecule has 1 aliphatic rings. The van der Waals surface area contributed by atoms with Gasteiger partial charge < -0.3 is 19.3 Å². The molecule has 0 aromatic rings. The van der Waals surface area contributed by atoms with Crippen LogP contribution in [0.4, 0.5) is 0 Å². The monoisotopic (exact) mass is 260 g/mol. The van der Waals surface area contributed by atoms with Crippen molar-refractivity contribution in [3.05, 3.63) is 0 Å². The lowest BCUT2D eigenvalue weighted by atomic mass is 10.1. The number of hydrogen-bond donors (Lipinski definition) is 1. The van der Waals surface area contributed by atoms with Gasteiger partial charge in [0.2, 0.25) is 0 Å². The Morgan fingerprint density at radius 3 is 2.17 bits per heavy atom. The lowest BCUT2D eigenvalue weighted by Gasteiger charge is -2.16. The zero-order chi connectivity index (χ0) is 14.1. The van der Waals surface area contributed by atoms with Gasteiger partial charge >= 0.3 is 11.9 Å². The highest BCUT2D eigenvalue weighted by Gasteiger charge is 2.48. The van der Waals surface area contributed by atoms with E-state index in [0.29, 0.717) is 0 Å². The van der Waals surface area contributed by atoms with Crippen LogP contribution >= 0.6 is 0 Å². The Labute approximate surface area is 104 Å². The number of carboxylic acid groups (broad SMARTS) is 1. The molecular formula is C11H16O7. The smallest absolute Gasteiger partial charge is 0.344 e. The fourth-order valence-electron chi connectivity index (χ4n) is 1.52. The normalized spacial score (nSPS) is 27.6. The summed E-state index contributed by atoms with van der Waals surface area (Å²) in [6.07, 6.45) is -3.62. The van der Waals surface area contributed by atoms with E-state index in [9.17, 15) is 14.4 Å². The molecule has 7 nitrogen and oxygen atoms in total. The first-order chi connectivity index (χ1) is 8.14. The van der Waals surface area contributed by atoms with E-state index in [1.54, 1.807) is 13.8 Å². The highest BCUT2D eigenvalue weighted by Crippen LogP contribution is 2.29. The topological polar surface area (TPSA) is 99.1 Å². The van der Waals surface area contributed by atoms with Crippen molar-refractivity contribution in [3.63, 3.8) is 0 Å². The molecular weight excluding hydrogens is 244 g/mol. The zero-order valence-electron chi connectivity index (χ0n) is 10.6. The fraction of sp³-hybridized carbons (Fsp3) is 0.727. The van der Waals surface area contributed by atoms with Crippen LogP contribution in [0.5, 0.6) is 0 Å². The Balaban J connectivity index is 2.77. The van der Waals surface area contributed by atoms with Crippen LogP contribution in [0.2, 0.25) is 0 Å². The molecule has 0 aliphatic carbocycles. The summed E-state index contributed by atoms with van der Waals surface area (Å²) in [5, 5.41) is 8.64. The van der Waals surface area contributed by atoms with Crippen molar-refractivity contribution in [3.8, 4) is 0 Å².